The minimum atomic E-state index is -0.788. The largest absolute Gasteiger partial charge is 0.465 e. The van der Waals surface area contributed by atoms with Crippen molar-refractivity contribution in [3.05, 3.63) is 33.1 Å². The third-order valence-electron chi connectivity index (χ3n) is 2.44. The van der Waals surface area contributed by atoms with E-state index in [-0.39, 0.29) is 12.3 Å². The lowest BCUT2D eigenvalue weighted by Crippen LogP contribution is -2.33. The Morgan fingerprint density at radius 3 is 2.65 bits per heavy atom. The number of hydrogen-bond acceptors (Lipinski definition) is 5. The van der Waals surface area contributed by atoms with Crippen molar-refractivity contribution in [1.82, 2.24) is 9.55 Å². The van der Waals surface area contributed by atoms with Gasteiger partial charge in [-0.05, 0) is 12.8 Å². The van der Waals surface area contributed by atoms with Crippen LogP contribution in [0.3, 0.4) is 0 Å². The molecule has 0 saturated carbocycles. The van der Waals surface area contributed by atoms with Crippen LogP contribution in [0.15, 0.2) is 21.9 Å². The second-order valence-electron chi connectivity index (χ2n) is 4.71. The maximum atomic E-state index is 11.7. The monoisotopic (exact) mass is 284 g/mol. The third kappa shape index (κ3) is 5.00. The smallest absolute Gasteiger partial charge is 0.330 e. The average molecular weight is 284 g/mol. The van der Waals surface area contributed by atoms with Crippen molar-refractivity contribution in [2.75, 3.05) is 13.2 Å². The normalized spacial score (nSPS) is 12.4. The van der Waals surface area contributed by atoms with E-state index in [0.717, 1.165) is 0 Å². The molecule has 20 heavy (non-hydrogen) atoms. The third-order valence-corrected chi connectivity index (χ3v) is 2.44. The van der Waals surface area contributed by atoms with Crippen LogP contribution in [0.25, 0.3) is 0 Å². The molecular weight excluding hydrogens is 264 g/mol. The van der Waals surface area contributed by atoms with Crippen molar-refractivity contribution < 1.29 is 14.3 Å². The van der Waals surface area contributed by atoms with Crippen LogP contribution in [-0.2, 0) is 14.3 Å². The van der Waals surface area contributed by atoms with Crippen LogP contribution < -0.4 is 11.2 Å². The quantitative estimate of drug-likeness (QED) is 0.743. The second kappa shape index (κ2) is 7.64. The van der Waals surface area contributed by atoms with Gasteiger partial charge in [0, 0.05) is 18.9 Å². The van der Waals surface area contributed by atoms with Crippen LogP contribution in [0.2, 0.25) is 0 Å². The van der Waals surface area contributed by atoms with Crippen LogP contribution in [0, 0.1) is 5.92 Å². The van der Waals surface area contributed by atoms with Gasteiger partial charge in [0.15, 0.2) is 0 Å². The molecule has 0 aliphatic rings. The number of esters is 1. The Bertz CT molecular complexity index is 546. The van der Waals surface area contributed by atoms with Gasteiger partial charge in [0.05, 0.1) is 13.0 Å². The lowest BCUT2D eigenvalue weighted by atomic mass is 10.2. The van der Waals surface area contributed by atoms with Gasteiger partial charge in [-0.25, -0.2) is 4.79 Å². The predicted molar refractivity (Wildman–Crippen MR) is 72.4 cm³/mol. The highest BCUT2D eigenvalue weighted by Gasteiger charge is 2.18. The first-order valence-electron chi connectivity index (χ1n) is 6.52. The van der Waals surface area contributed by atoms with Crippen LogP contribution >= 0.6 is 0 Å². The van der Waals surface area contributed by atoms with Gasteiger partial charge in [-0.15, -0.1) is 0 Å². The summed E-state index contributed by atoms with van der Waals surface area (Å²) in [5.41, 5.74) is -1.11. The number of carbonyl (C=O) groups is 1. The number of H-pyrrole nitrogens is 1. The van der Waals surface area contributed by atoms with Crippen molar-refractivity contribution in [2.45, 2.75) is 33.4 Å². The number of hydrogen-bond donors (Lipinski definition) is 1. The first-order valence-corrected chi connectivity index (χ1v) is 6.52. The van der Waals surface area contributed by atoms with Gasteiger partial charge in [0.25, 0.3) is 5.56 Å². The molecule has 1 unspecified atom stereocenters. The van der Waals surface area contributed by atoms with Crippen LogP contribution in [0.1, 0.15) is 33.4 Å². The standard InChI is InChI=1S/C13H20N2O5/c1-4-19-11(7-12(17)20-8-9(2)3)15-6-5-10(16)14-13(15)18/h5-6,9,11H,4,7-8H2,1-3H3,(H,14,16,18). The summed E-state index contributed by atoms with van der Waals surface area (Å²) in [4.78, 5) is 36.5. The van der Waals surface area contributed by atoms with Crippen molar-refractivity contribution in [3.63, 3.8) is 0 Å². The molecule has 112 valence electrons. The molecule has 1 rings (SSSR count). The topological polar surface area (TPSA) is 90.4 Å². The molecule has 7 nitrogen and oxygen atoms in total. The molecule has 0 fully saturated rings. The summed E-state index contributed by atoms with van der Waals surface area (Å²) in [5, 5.41) is 0. The molecule has 0 bridgehead atoms. The van der Waals surface area contributed by atoms with E-state index in [1.807, 2.05) is 13.8 Å². The molecule has 0 amide bonds. The van der Waals surface area contributed by atoms with E-state index in [4.69, 9.17) is 9.47 Å². The number of aromatic amines is 1. The molecular formula is C13H20N2O5. The lowest BCUT2D eigenvalue weighted by Gasteiger charge is -2.18. The molecule has 1 N–H and O–H groups in total. The van der Waals surface area contributed by atoms with Crippen LogP contribution in [0.4, 0.5) is 0 Å². The fourth-order valence-electron chi connectivity index (χ4n) is 1.55. The molecule has 1 aromatic rings. The van der Waals surface area contributed by atoms with Gasteiger partial charge in [0.2, 0.25) is 0 Å². The molecule has 0 aliphatic heterocycles. The highest BCUT2D eigenvalue weighted by atomic mass is 16.5. The Kier molecular flexibility index (Phi) is 6.17. The molecule has 1 aromatic heterocycles. The van der Waals surface area contributed by atoms with E-state index in [2.05, 4.69) is 4.98 Å². The molecule has 7 heteroatoms. The predicted octanol–water partition coefficient (Wildman–Crippen LogP) is 0.661. The maximum Gasteiger partial charge on any atom is 0.330 e. The van der Waals surface area contributed by atoms with Gasteiger partial charge >= 0.3 is 11.7 Å². The summed E-state index contributed by atoms with van der Waals surface area (Å²) in [5.74, 6) is -0.212. The Morgan fingerprint density at radius 1 is 1.40 bits per heavy atom. The molecule has 0 spiro atoms. The minimum absolute atomic E-state index is 0.0908. The molecule has 0 radical (unpaired) electrons. The summed E-state index contributed by atoms with van der Waals surface area (Å²) in [7, 11) is 0. The van der Waals surface area contributed by atoms with E-state index in [9.17, 15) is 14.4 Å². The number of nitrogens with zero attached hydrogens (tertiary/aromatic N) is 1. The van der Waals surface area contributed by atoms with Crippen molar-refractivity contribution in [2.24, 2.45) is 5.92 Å². The van der Waals surface area contributed by atoms with Crippen molar-refractivity contribution in [3.8, 4) is 0 Å². The van der Waals surface area contributed by atoms with Gasteiger partial charge < -0.3 is 9.47 Å². The van der Waals surface area contributed by atoms with Crippen molar-refractivity contribution >= 4 is 5.97 Å². The van der Waals surface area contributed by atoms with E-state index in [1.165, 1.54) is 16.8 Å². The zero-order valence-corrected chi connectivity index (χ0v) is 11.9. The van der Waals surface area contributed by atoms with E-state index in [0.29, 0.717) is 13.2 Å². The second-order valence-corrected chi connectivity index (χ2v) is 4.71. The number of aromatic nitrogens is 2. The number of nitrogens with one attached hydrogen (secondary N) is 1. The summed E-state index contributed by atoms with van der Waals surface area (Å²) >= 11 is 0. The number of ether oxygens (including phenoxy) is 2. The van der Waals surface area contributed by atoms with Crippen molar-refractivity contribution in [1.29, 1.82) is 0 Å². The fourth-order valence-corrected chi connectivity index (χ4v) is 1.55. The van der Waals surface area contributed by atoms with Gasteiger partial charge in [0.1, 0.15) is 6.23 Å². The maximum absolute atomic E-state index is 11.7. The van der Waals surface area contributed by atoms with Gasteiger partial charge in [-0.1, -0.05) is 13.8 Å². The lowest BCUT2D eigenvalue weighted by molar-refractivity contribution is -0.150. The zero-order valence-electron chi connectivity index (χ0n) is 11.9. The summed E-state index contributed by atoms with van der Waals surface area (Å²) < 4.78 is 11.6. The van der Waals surface area contributed by atoms with Gasteiger partial charge in [-0.2, -0.15) is 0 Å². The Balaban J connectivity index is 2.81. The highest BCUT2D eigenvalue weighted by Crippen LogP contribution is 2.11. The summed E-state index contributed by atoms with van der Waals surface area (Å²) in [6.45, 7) is 6.26. The first kappa shape index (κ1) is 16.2. The average Bonchev–Trinajstić information content (AvgIpc) is 2.36. The van der Waals surface area contributed by atoms with Crippen LogP contribution in [-0.4, -0.2) is 28.7 Å². The SMILES string of the molecule is CCOC(CC(=O)OCC(C)C)n1ccc(=O)[nH]c1=O. The van der Waals surface area contributed by atoms with Gasteiger partial charge in [-0.3, -0.25) is 19.1 Å². The number of rotatable bonds is 7. The molecule has 0 aromatic carbocycles. The minimum Gasteiger partial charge on any atom is -0.465 e. The highest BCUT2D eigenvalue weighted by molar-refractivity contribution is 5.69. The Morgan fingerprint density at radius 2 is 2.10 bits per heavy atom. The van der Waals surface area contributed by atoms with E-state index >= 15 is 0 Å². The Hall–Kier alpha value is -1.89. The summed E-state index contributed by atoms with van der Waals surface area (Å²) in [6.07, 6.45) is 0.424. The zero-order chi connectivity index (χ0) is 15.1. The first-order chi connectivity index (χ1) is 9.43. The fraction of sp³-hybridized carbons (Fsp3) is 0.615. The van der Waals surface area contributed by atoms with Crippen LogP contribution in [0.5, 0.6) is 0 Å². The molecule has 0 saturated heterocycles. The Labute approximate surface area is 116 Å². The molecule has 1 heterocycles. The van der Waals surface area contributed by atoms with E-state index < -0.39 is 23.4 Å². The number of carbonyl (C=O) groups excluding carboxylic acids is 1. The molecule has 1 atom stereocenters. The van der Waals surface area contributed by atoms with E-state index in [1.54, 1.807) is 6.92 Å². The molecule has 0 aliphatic carbocycles. The summed E-state index contributed by atoms with van der Waals surface area (Å²) in [6, 6.07) is 1.20.